The maximum Gasteiger partial charge on any atom is 0.0664 e. The Morgan fingerprint density at radius 3 is 2.21 bits per heavy atom. The van der Waals surface area contributed by atoms with Crippen LogP contribution in [-0.4, -0.2) is 34.2 Å². The molecule has 2 aliphatic rings. The van der Waals surface area contributed by atoms with E-state index >= 15 is 0 Å². The van der Waals surface area contributed by atoms with E-state index in [0.717, 1.165) is 0 Å². The van der Waals surface area contributed by atoms with Gasteiger partial charge in [0.2, 0.25) is 0 Å². The standard InChI is InChI=1S/C12H23NO/c1-10(11(2)14)13-9-5-8-12(13)6-3-4-7-12/h10-11,14H,3-9H2,1-2H3. The van der Waals surface area contributed by atoms with Crippen molar-refractivity contribution in [2.75, 3.05) is 6.54 Å². The molecule has 1 heterocycles. The molecule has 2 fully saturated rings. The van der Waals surface area contributed by atoms with Crippen LogP contribution >= 0.6 is 0 Å². The van der Waals surface area contributed by atoms with Crippen molar-refractivity contribution in [2.24, 2.45) is 0 Å². The molecule has 2 atom stereocenters. The first-order valence-corrected chi connectivity index (χ1v) is 6.10. The Hall–Kier alpha value is -0.0800. The first-order chi connectivity index (χ1) is 6.66. The zero-order valence-corrected chi connectivity index (χ0v) is 9.50. The van der Waals surface area contributed by atoms with Crippen molar-refractivity contribution >= 4 is 0 Å². The van der Waals surface area contributed by atoms with E-state index in [1.165, 1.54) is 45.1 Å². The maximum atomic E-state index is 9.68. The van der Waals surface area contributed by atoms with Gasteiger partial charge in [-0.2, -0.15) is 0 Å². The summed E-state index contributed by atoms with van der Waals surface area (Å²) in [6.45, 7) is 5.30. The average molecular weight is 197 g/mol. The van der Waals surface area contributed by atoms with E-state index in [4.69, 9.17) is 0 Å². The van der Waals surface area contributed by atoms with Gasteiger partial charge in [-0.25, -0.2) is 0 Å². The maximum absolute atomic E-state index is 9.68. The molecule has 1 saturated heterocycles. The van der Waals surface area contributed by atoms with Crippen LogP contribution in [0.3, 0.4) is 0 Å². The molecule has 1 N–H and O–H groups in total. The molecule has 2 unspecified atom stereocenters. The predicted octanol–water partition coefficient (Wildman–Crippen LogP) is 2.16. The van der Waals surface area contributed by atoms with Crippen molar-refractivity contribution in [3.8, 4) is 0 Å². The molecular weight excluding hydrogens is 174 g/mol. The van der Waals surface area contributed by atoms with Gasteiger partial charge in [0.15, 0.2) is 0 Å². The Balaban J connectivity index is 2.10. The summed E-state index contributed by atoms with van der Waals surface area (Å²) in [5.41, 5.74) is 0.483. The molecule has 0 amide bonds. The van der Waals surface area contributed by atoms with Gasteiger partial charge in [-0.15, -0.1) is 0 Å². The lowest BCUT2D eigenvalue weighted by Gasteiger charge is -2.40. The lowest BCUT2D eigenvalue weighted by Crippen LogP contribution is -2.50. The topological polar surface area (TPSA) is 23.5 Å². The Morgan fingerprint density at radius 1 is 1.07 bits per heavy atom. The number of hydrogen-bond donors (Lipinski definition) is 1. The number of rotatable bonds is 2. The quantitative estimate of drug-likeness (QED) is 0.733. The number of aliphatic hydroxyl groups excluding tert-OH is 1. The second kappa shape index (κ2) is 3.82. The molecule has 2 rings (SSSR count). The minimum Gasteiger partial charge on any atom is -0.392 e. The van der Waals surface area contributed by atoms with Gasteiger partial charge >= 0.3 is 0 Å². The van der Waals surface area contributed by atoms with Crippen LogP contribution in [0.4, 0.5) is 0 Å². The molecule has 0 radical (unpaired) electrons. The fourth-order valence-electron chi connectivity index (χ4n) is 3.43. The van der Waals surface area contributed by atoms with Crippen molar-refractivity contribution in [1.82, 2.24) is 4.90 Å². The molecular formula is C12H23NO. The SMILES string of the molecule is CC(O)C(C)N1CCCC12CCCC2. The van der Waals surface area contributed by atoms with Crippen LogP contribution in [0.5, 0.6) is 0 Å². The van der Waals surface area contributed by atoms with Gasteiger partial charge in [0.05, 0.1) is 6.10 Å². The molecule has 0 aromatic carbocycles. The second-order valence-corrected chi connectivity index (χ2v) is 5.21. The summed E-state index contributed by atoms with van der Waals surface area (Å²) in [6, 6.07) is 0.343. The van der Waals surface area contributed by atoms with Crippen LogP contribution < -0.4 is 0 Å². The van der Waals surface area contributed by atoms with Gasteiger partial charge < -0.3 is 5.11 Å². The van der Waals surface area contributed by atoms with Crippen molar-refractivity contribution < 1.29 is 5.11 Å². The van der Waals surface area contributed by atoms with E-state index in [1.54, 1.807) is 0 Å². The van der Waals surface area contributed by atoms with Crippen LogP contribution in [0.25, 0.3) is 0 Å². The van der Waals surface area contributed by atoms with Crippen LogP contribution in [0.15, 0.2) is 0 Å². The monoisotopic (exact) mass is 197 g/mol. The highest BCUT2D eigenvalue weighted by Gasteiger charge is 2.45. The molecule has 1 saturated carbocycles. The molecule has 1 spiro atoms. The summed E-state index contributed by atoms with van der Waals surface area (Å²) < 4.78 is 0. The summed E-state index contributed by atoms with van der Waals surface area (Å²) >= 11 is 0. The molecule has 14 heavy (non-hydrogen) atoms. The molecule has 0 aromatic heterocycles. The Bertz CT molecular complexity index is 191. The van der Waals surface area contributed by atoms with Crippen LogP contribution in [0.2, 0.25) is 0 Å². The summed E-state index contributed by atoms with van der Waals surface area (Å²) in [5, 5.41) is 9.68. The zero-order valence-electron chi connectivity index (χ0n) is 9.50. The number of hydrogen-bond acceptors (Lipinski definition) is 2. The first-order valence-electron chi connectivity index (χ1n) is 6.10. The Kier molecular flexibility index (Phi) is 2.85. The number of aliphatic hydroxyl groups is 1. The van der Waals surface area contributed by atoms with E-state index in [0.29, 0.717) is 11.6 Å². The van der Waals surface area contributed by atoms with Gasteiger partial charge in [0.1, 0.15) is 0 Å². The number of likely N-dealkylation sites (tertiary alicyclic amines) is 1. The van der Waals surface area contributed by atoms with Crippen molar-refractivity contribution in [1.29, 1.82) is 0 Å². The fourth-order valence-corrected chi connectivity index (χ4v) is 3.43. The molecule has 1 aliphatic heterocycles. The lowest BCUT2D eigenvalue weighted by atomic mass is 9.92. The predicted molar refractivity (Wildman–Crippen MR) is 58.3 cm³/mol. The highest BCUT2D eigenvalue weighted by atomic mass is 16.3. The van der Waals surface area contributed by atoms with Gasteiger partial charge in [-0.05, 0) is 46.1 Å². The third kappa shape index (κ3) is 1.59. The van der Waals surface area contributed by atoms with E-state index in [-0.39, 0.29) is 6.10 Å². The molecule has 0 aromatic rings. The minimum absolute atomic E-state index is 0.189. The van der Waals surface area contributed by atoms with Crippen molar-refractivity contribution in [3.05, 3.63) is 0 Å². The molecule has 2 heteroatoms. The summed E-state index contributed by atoms with van der Waals surface area (Å²) in [4.78, 5) is 2.59. The second-order valence-electron chi connectivity index (χ2n) is 5.21. The first kappa shape index (κ1) is 10.4. The lowest BCUT2D eigenvalue weighted by molar-refractivity contribution is 0.0219. The van der Waals surface area contributed by atoms with Crippen molar-refractivity contribution in [3.63, 3.8) is 0 Å². The fraction of sp³-hybridized carbons (Fsp3) is 1.00. The third-order valence-electron chi connectivity index (χ3n) is 4.37. The normalized spacial score (nSPS) is 31.1. The zero-order chi connectivity index (χ0) is 10.2. The molecule has 0 bridgehead atoms. The van der Waals surface area contributed by atoms with Crippen LogP contribution in [0.1, 0.15) is 52.4 Å². The molecule has 1 aliphatic carbocycles. The summed E-state index contributed by atoms with van der Waals surface area (Å²) in [6.07, 6.45) is 8.02. The molecule has 2 nitrogen and oxygen atoms in total. The highest BCUT2D eigenvalue weighted by Crippen LogP contribution is 2.44. The third-order valence-corrected chi connectivity index (χ3v) is 4.37. The number of nitrogens with zero attached hydrogens (tertiary/aromatic N) is 1. The van der Waals surface area contributed by atoms with Gasteiger partial charge in [0.25, 0.3) is 0 Å². The van der Waals surface area contributed by atoms with Crippen LogP contribution in [0, 0.1) is 0 Å². The van der Waals surface area contributed by atoms with Gasteiger partial charge in [0, 0.05) is 11.6 Å². The smallest absolute Gasteiger partial charge is 0.0664 e. The Morgan fingerprint density at radius 2 is 1.64 bits per heavy atom. The largest absolute Gasteiger partial charge is 0.392 e. The summed E-state index contributed by atoms with van der Waals surface area (Å²) in [7, 11) is 0. The average Bonchev–Trinajstić information content (AvgIpc) is 2.76. The van der Waals surface area contributed by atoms with E-state index in [2.05, 4.69) is 11.8 Å². The van der Waals surface area contributed by atoms with E-state index in [9.17, 15) is 5.11 Å². The van der Waals surface area contributed by atoms with E-state index in [1.807, 2.05) is 6.92 Å². The van der Waals surface area contributed by atoms with Gasteiger partial charge in [-0.3, -0.25) is 4.90 Å². The van der Waals surface area contributed by atoms with Crippen LogP contribution in [-0.2, 0) is 0 Å². The van der Waals surface area contributed by atoms with Gasteiger partial charge in [-0.1, -0.05) is 12.8 Å². The van der Waals surface area contributed by atoms with E-state index < -0.39 is 0 Å². The molecule has 82 valence electrons. The minimum atomic E-state index is -0.189. The summed E-state index contributed by atoms with van der Waals surface area (Å²) in [5.74, 6) is 0. The highest BCUT2D eigenvalue weighted by molar-refractivity contribution is 5.01. The Labute approximate surface area is 87.3 Å². The van der Waals surface area contributed by atoms with Crippen molar-refractivity contribution in [2.45, 2.75) is 70.1 Å².